The number of aryl methyl sites for hydroxylation is 2. The first-order valence-electron chi connectivity index (χ1n) is 9.30. The summed E-state index contributed by atoms with van der Waals surface area (Å²) in [5.74, 6) is -0.184. The molecule has 3 rings (SSSR count). The van der Waals surface area contributed by atoms with Gasteiger partial charge < -0.3 is 9.67 Å². The topological polar surface area (TPSA) is 116 Å². The van der Waals surface area contributed by atoms with Crippen LogP contribution in [0, 0.1) is 6.92 Å². The average Bonchev–Trinajstić information content (AvgIpc) is 3.08. The molecule has 0 saturated carbocycles. The lowest BCUT2D eigenvalue weighted by Gasteiger charge is -2.11. The predicted molar refractivity (Wildman–Crippen MR) is 109 cm³/mol. The molecule has 29 heavy (non-hydrogen) atoms. The molecule has 156 valence electrons. The van der Waals surface area contributed by atoms with Crippen molar-refractivity contribution in [3.05, 3.63) is 56.2 Å². The summed E-state index contributed by atoms with van der Waals surface area (Å²) in [6.45, 7) is 3.43. The maximum atomic E-state index is 13.1. The molecule has 0 amide bonds. The summed E-state index contributed by atoms with van der Waals surface area (Å²) in [6, 6.07) is 7.51. The maximum Gasteiger partial charge on any atom is 0.332 e. The number of hydrogen-bond donors (Lipinski definition) is 1. The van der Waals surface area contributed by atoms with Gasteiger partial charge in [0.15, 0.2) is 11.2 Å². The molecular weight excluding hydrogens is 396 g/mol. The summed E-state index contributed by atoms with van der Waals surface area (Å²) < 4.78 is 28.9. The monoisotopic (exact) mass is 420 g/mol. The molecular formula is C19H24N4O5S. The fraction of sp³-hybridized carbons (Fsp3) is 0.421. The number of nitrogens with zero attached hydrogens (tertiary/aromatic N) is 4. The van der Waals surface area contributed by atoms with E-state index in [0.717, 1.165) is 15.7 Å². The largest absolute Gasteiger partial charge is 0.396 e. The molecule has 0 aliphatic rings. The van der Waals surface area contributed by atoms with Crippen molar-refractivity contribution < 1.29 is 13.5 Å². The highest BCUT2D eigenvalue weighted by atomic mass is 32.2. The molecule has 2 aromatic heterocycles. The molecule has 10 heteroatoms. The maximum absolute atomic E-state index is 13.1. The number of imidazole rings is 1. The Hall–Kier alpha value is -2.72. The highest BCUT2D eigenvalue weighted by molar-refractivity contribution is 7.91. The average molecular weight is 420 g/mol. The van der Waals surface area contributed by atoms with Gasteiger partial charge >= 0.3 is 5.69 Å². The molecule has 0 unspecified atom stereocenters. The van der Waals surface area contributed by atoms with Gasteiger partial charge in [-0.2, -0.15) is 4.98 Å². The minimum absolute atomic E-state index is 0.0272. The first-order valence-corrected chi connectivity index (χ1v) is 11.0. The first kappa shape index (κ1) is 21.0. The van der Waals surface area contributed by atoms with Gasteiger partial charge in [-0.1, -0.05) is 36.8 Å². The quantitative estimate of drug-likeness (QED) is 0.593. The predicted octanol–water partition coefficient (Wildman–Crippen LogP) is 0.429. The highest BCUT2D eigenvalue weighted by Crippen LogP contribution is 2.19. The molecule has 0 aliphatic heterocycles. The minimum atomic E-state index is -3.75. The number of benzene rings is 1. The van der Waals surface area contributed by atoms with Crippen molar-refractivity contribution in [3.8, 4) is 0 Å². The zero-order chi connectivity index (χ0) is 21.3. The minimum Gasteiger partial charge on any atom is -0.396 e. The molecule has 0 fully saturated rings. The van der Waals surface area contributed by atoms with Crippen molar-refractivity contribution in [3.63, 3.8) is 0 Å². The molecule has 0 bridgehead atoms. The summed E-state index contributed by atoms with van der Waals surface area (Å²) in [7, 11) is -2.30. The lowest BCUT2D eigenvalue weighted by atomic mass is 10.1. The highest BCUT2D eigenvalue weighted by Gasteiger charge is 2.26. The smallest absolute Gasteiger partial charge is 0.332 e. The number of rotatable bonds is 7. The van der Waals surface area contributed by atoms with E-state index in [9.17, 15) is 18.0 Å². The normalized spacial score (nSPS) is 12.0. The number of aliphatic hydroxyl groups is 1. The molecule has 3 aromatic rings. The molecule has 1 aromatic carbocycles. The molecule has 1 N–H and O–H groups in total. The Labute approximate surface area is 167 Å². The van der Waals surface area contributed by atoms with Crippen LogP contribution in [0.15, 0.2) is 39.0 Å². The van der Waals surface area contributed by atoms with Crippen molar-refractivity contribution in [1.29, 1.82) is 0 Å². The van der Waals surface area contributed by atoms with Gasteiger partial charge in [0.25, 0.3) is 5.56 Å². The van der Waals surface area contributed by atoms with Crippen molar-refractivity contribution >= 4 is 21.0 Å². The second-order valence-electron chi connectivity index (χ2n) is 6.92. The van der Waals surface area contributed by atoms with Gasteiger partial charge in [0, 0.05) is 20.2 Å². The number of fused-ring (bicyclic) bond motifs is 1. The van der Waals surface area contributed by atoms with Crippen LogP contribution in [0.25, 0.3) is 11.2 Å². The SMILES string of the molecule is CCS(=O)(=O)c1nc2c(c(=O)n(CCCO)c(=O)n2C)n1Cc1ccc(C)cc1. The van der Waals surface area contributed by atoms with Gasteiger partial charge in [0.1, 0.15) is 0 Å². The Morgan fingerprint density at radius 3 is 2.34 bits per heavy atom. The van der Waals surface area contributed by atoms with Crippen LogP contribution in [0.5, 0.6) is 0 Å². The van der Waals surface area contributed by atoms with E-state index in [4.69, 9.17) is 5.11 Å². The van der Waals surface area contributed by atoms with Crippen LogP contribution >= 0.6 is 0 Å². The van der Waals surface area contributed by atoms with Crippen LogP contribution in [-0.4, -0.2) is 44.6 Å². The number of aliphatic hydroxyl groups excluding tert-OH is 1. The Kier molecular flexibility index (Phi) is 5.76. The first-order chi connectivity index (χ1) is 13.7. The van der Waals surface area contributed by atoms with Crippen molar-refractivity contribution in [2.75, 3.05) is 12.4 Å². The third-order valence-corrected chi connectivity index (χ3v) is 6.48. The molecule has 0 radical (unpaired) electrons. The van der Waals surface area contributed by atoms with E-state index in [1.165, 1.54) is 23.1 Å². The zero-order valence-electron chi connectivity index (χ0n) is 16.6. The van der Waals surface area contributed by atoms with Crippen LogP contribution in [0.2, 0.25) is 0 Å². The van der Waals surface area contributed by atoms with E-state index < -0.39 is 21.1 Å². The van der Waals surface area contributed by atoms with E-state index in [0.29, 0.717) is 0 Å². The Morgan fingerprint density at radius 1 is 1.10 bits per heavy atom. The molecule has 0 spiro atoms. The summed E-state index contributed by atoms with van der Waals surface area (Å²) in [4.78, 5) is 29.9. The zero-order valence-corrected chi connectivity index (χ0v) is 17.4. The van der Waals surface area contributed by atoms with E-state index in [1.54, 1.807) is 0 Å². The van der Waals surface area contributed by atoms with E-state index in [-0.39, 0.29) is 48.2 Å². The van der Waals surface area contributed by atoms with Crippen LogP contribution < -0.4 is 11.2 Å². The number of sulfone groups is 1. The van der Waals surface area contributed by atoms with Crippen molar-refractivity contribution in [2.45, 2.75) is 38.5 Å². The molecule has 0 atom stereocenters. The van der Waals surface area contributed by atoms with Gasteiger partial charge in [-0.25, -0.2) is 13.2 Å². The lowest BCUT2D eigenvalue weighted by molar-refractivity contribution is 0.277. The Bertz CT molecular complexity index is 1270. The third-order valence-electron chi connectivity index (χ3n) is 4.86. The van der Waals surface area contributed by atoms with Crippen LogP contribution in [0.4, 0.5) is 0 Å². The molecule has 0 aliphatic carbocycles. The summed E-state index contributed by atoms with van der Waals surface area (Å²) in [5, 5.41) is 8.85. The second-order valence-corrected chi connectivity index (χ2v) is 9.09. The molecule has 2 heterocycles. The third kappa shape index (κ3) is 3.77. The van der Waals surface area contributed by atoms with Crippen molar-refractivity contribution in [1.82, 2.24) is 18.7 Å². The van der Waals surface area contributed by atoms with Gasteiger partial charge in [-0.05, 0) is 18.9 Å². The van der Waals surface area contributed by atoms with E-state index >= 15 is 0 Å². The fourth-order valence-electron chi connectivity index (χ4n) is 3.17. The Morgan fingerprint density at radius 2 is 1.76 bits per heavy atom. The fourth-order valence-corrected chi connectivity index (χ4v) is 4.14. The van der Waals surface area contributed by atoms with Crippen molar-refractivity contribution in [2.24, 2.45) is 7.05 Å². The molecule has 9 nitrogen and oxygen atoms in total. The number of hydrogen-bond acceptors (Lipinski definition) is 6. The molecule has 0 saturated heterocycles. The van der Waals surface area contributed by atoms with Gasteiger partial charge in [-0.15, -0.1) is 0 Å². The van der Waals surface area contributed by atoms with Gasteiger partial charge in [0.05, 0.1) is 12.3 Å². The summed E-state index contributed by atoms with van der Waals surface area (Å²) >= 11 is 0. The van der Waals surface area contributed by atoms with Crippen LogP contribution in [-0.2, 0) is 30.0 Å². The summed E-state index contributed by atoms with van der Waals surface area (Å²) in [5.41, 5.74) is 0.721. The second kappa shape index (κ2) is 7.96. The lowest BCUT2D eigenvalue weighted by Crippen LogP contribution is -2.40. The van der Waals surface area contributed by atoms with Crippen LogP contribution in [0.3, 0.4) is 0 Å². The summed E-state index contributed by atoms with van der Waals surface area (Å²) in [6.07, 6.45) is 0.229. The van der Waals surface area contributed by atoms with E-state index in [2.05, 4.69) is 4.98 Å². The van der Waals surface area contributed by atoms with Gasteiger partial charge in [0.2, 0.25) is 15.0 Å². The Balaban J connectivity index is 2.37. The standard InChI is InChI=1S/C19H24N4O5S/c1-4-29(27,28)18-20-16-15(23(18)12-14-8-6-13(2)7-9-14)17(25)22(10-5-11-24)19(26)21(16)3/h6-9,24H,4-5,10-12H2,1-3H3. The van der Waals surface area contributed by atoms with E-state index in [1.807, 2.05) is 31.2 Å². The van der Waals surface area contributed by atoms with Gasteiger partial charge in [-0.3, -0.25) is 13.9 Å². The van der Waals surface area contributed by atoms with Crippen LogP contribution in [0.1, 0.15) is 24.5 Å². The number of aromatic nitrogens is 4.